The van der Waals surface area contributed by atoms with E-state index in [1.807, 2.05) is 6.07 Å². The summed E-state index contributed by atoms with van der Waals surface area (Å²) in [6.07, 6.45) is 4.16. The fraction of sp³-hybridized carbons (Fsp3) is 0.316. The lowest BCUT2D eigenvalue weighted by Gasteiger charge is -2.22. The fourth-order valence-corrected chi connectivity index (χ4v) is 3.82. The minimum atomic E-state index is 0.313. The summed E-state index contributed by atoms with van der Waals surface area (Å²) in [6, 6.07) is 12.8. The van der Waals surface area contributed by atoms with Crippen LogP contribution in [0.2, 0.25) is 0 Å². The zero-order chi connectivity index (χ0) is 16.2. The summed E-state index contributed by atoms with van der Waals surface area (Å²) in [4.78, 5) is 4.80. The van der Waals surface area contributed by atoms with E-state index >= 15 is 0 Å². The van der Waals surface area contributed by atoms with E-state index in [1.54, 1.807) is 0 Å². The van der Waals surface area contributed by atoms with Crippen LogP contribution in [0, 0.1) is 29.6 Å². The first-order valence-electron chi connectivity index (χ1n) is 7.77. The molecule has 0 N–H and O–H groups in total. The average Bonchev–Trinajstić information content (AvgIpc) is 2.58. The van der Waals surface area contributed by atoms with Crippen molar-refractivity contribution in [1.82, 2.24) is 4.98 Å². The van der Waals surface area contributed by atoms with Crippen molar-refractivity contribution < 1.29 is 0 Å². The highest BCUT2D eigenvalue weighted by atomic mass is 32.2. The first-order valence-corrected chi connectivity index (χ1v) is 8.75. The van der Waals surface area contributed by atoms with Crippen molar-refractivity contribution in [3.8, 4) is 23.4 Å². The Morgan fingerprint density at radius 3 is 2.65 bits per heavy atom. The highest BCUT2D eigenvalue weighted by Crippen LogP contribution is 2.36. The Morgan fingerprint density at radius 2 is 1.96 bits per heavy atom. The van der Waals surface area contributed by atoms with Crippen molar-refractivity contribution in [3.05, 3.63) is 46.5 Å². The Morgan fingerprint density at radius 1 is 1.17 bits per heavy atom. The minimum Gasteiger partial charge on any atom is -0.240 e. The molecule has 0 bridgehead atoms. The maximum Gasteiger partial charge on any atom is 0.116 e. The summed E-state index contributed by atoms with van der Waals surface area (Å²) in [7, 11) is 0. The van der Waals surface area contributed by atoms with E-state index in [1.165, 1.54) is 22.9 Å². The molecule has 4 heteroatoms. The van der Waals surface area contributed by atoms with Gasteiger partial charge in [0.25, 0.3) is 0 Å². The van der Waals surface area contributed by atoms with Crippen LogP contribution >= 0.6 is 11.8 Å². The van der Waals surface area contributed by atoms with Crippen LogP contribution in [-0.2, 0) is 12.8 Å². The number of fused-ring (bicyclic) bond motifs is 1. The molecule has 1 heterocycles. The highest BCUT2D eigenvalue weighted by Gasteiger charge is 2.23. The molecule has 0 saturated carbocycles. The summed E-state index contributed by atoms with van der Waals surface area (Å²) in [5.74, 6) is 0.313. The van der Waals surface area contributed by atoms with Gasteiger partial charge in [-0.15, -0.1) is 0 Å². The van der Waals surface area contributed by atoms with Crippen LogP contribution in [-0.4, -0.2) is 10.7 Å². The molecule has 0 unspecified atom stereocenters. The number of hydrogen-bond donors (Lipinski definition) is 0. The van der Waals surface area contributed by atoms with Crippen molar-refractivity contribution >= 4 is 11.8 Å². The Balaban J connectivity index is 2.23. The number of aryl methyl sites for hydroxylation is 1. The minimum absolute atomic E-state index is 0.313. The van der Waals surface area contributed by atoms with Crippen LogP contribution in [0.15, 0.2) is 29.3 Å². The van der Waals surface area contributed by atoms with Crippen molar-refractivity contribution in [1.29, 1.82) is 10.5 Å². The number of aromatic nitrogens is 1. The van der Waals surface area contributed by atoms with Crippen LogP contribution in [0.4, 0.5) is 0 Å². The first kappa shape index (κ1) is 15.6. The molecule has 23 heavy (non-hydrogen) atoms. The average molecular weight is 319 g/mol. The number of pyridine rings is 1. The molecular weight excluding hydrogens is 302 g/mol. The predicted molar refractivity (Wildman–Crippen MR) is 92.1 cm³/mol. The van der Waals surface area contributed by atoms with Gasteiger partial charge in [-0.3, -0.25) is 0 Å². The third kappa shape index (κ3) is 3.09. The lowest BCUT2D eigenvalue weighted by atomic mass is 9.86. The van der Waals surface area contributed by atoms with Crippen LogP contribution in [0.25, 0.3) is 11.3 Å². The number of nitriles is 2. The zero-order valence-electron chi connectivity index (χ0n) is 13.1. The van der Waals surface area contributed by atoms with E-state index in [9.17, 15) is 5.26 Å². The predicted octanol–water partition coefficient (Wildman–Crippen LogP) is 4.42. The van der Waals surface area contributed by atoms with Gasteiger partial charge in [-0.25, -0.2) is 4.98 Å². The molecule has 1 aromatic carbocycles. The number of thioether (sulfide) groups is 1. The maximum absolute atomic E-state index is 9.59. The Kier molecular flexibility index (Phi) is 4.65. The lowest BCUT2D eigenvalue weighted by molar-refractivity contribution is 0.677. The lowest BCUT2D eigenvalue weighted by Crippen LogP contribution is -2.10. The largest absolute Gasteiger partial charge is 0.240 e. The molecule has 0 radical (unpaired) electrons. The molecule has 1 aliphatic carbocycles. The van der Waals surface area contributed by atoms with Gasteiger partial charge in [0, 0.05) is 5.56 Å². The van der Waals surface area contributed by atoms with E-state index in [2.05, 4.69) is 37.3 Å². The van der Waals surface area contributed by atoms with Gasteiger partial charge in [0.05, 0.1) is 23.1 Å². The number of benzene rings is 1. The second-order valence-corrected chi connectivity index (χ2v) is 6.70. The van der Waals surface area contributed by atoms with Gasteiger partial charge in [-0.2, -0.15) is 10.5 Å². The van der Waals surface area contributed by atoms with Gasteiger partial charge in [-0.1, -0.05) is 35.5 Å². The van der Waals surface area contributed by atoms with E-state index in [0.717, 1.165) is 42.5 Å². The molecule has 0 fully saturated rings. The maximum atomic E-state index is 9.59. The number of rotatable bonds is 3. The summed E-state index contributed by atoms with van der Waals surface area (Å²) in [6.45, 7) is 2.07. The summed E-state index contributed by atoms with van der Waals surface area (Å²) >= 11 is 1.36. The van der Waals surface area contributed by atoms with Crippen LogP contribution < -0.4 is 0 Å². The second-order valence-electron chi connectivity index (χ2n) is 5.73. The normalized spacial score (nSPS) is 13.0. The van der Waals surface area contributed by atoms with Gasteiger partial charge in [-0.05, 0) is 49.8 Å². The third-order valence-electron chi connectivity index (χ3n) is 4.16. The molecular formula is C19H17N3S. The molecule has 1 aromatic heterocycles. The van der Waals surface area contributed by atoms with E-state index in [0.29, 0.717) is 16.3 Å². The molecule has 3 nitrogen and oxygen atoms in total. The molecule has 114 valence electrons. The highest BCUT2D eigenvalue weighted by molar-refractivity contribution is 7.99. The quantitative estimate of drug-likeness (QED) is 0.786. The molecule has 2 aromatic rings. The van der Waals surface area contributed by atoms with Gasteiger partial charge < -0.3 is 0 Å². The van der Waals surface area contributed by atoms with E-state index < -0.39 is 0 Å². The SMILES string of the molecule is Cc1cccc(-c2nc(SCC#N)c(C#N)c3c2CCCC3)c1. The van der Waals surface area contributed by atoms with Gasteiger partial charge in [0.1, 0.15) is 11.1 Å². The molecule has 0 aliphatic heterocycles. The second kappa shape index (κ2) is 6.86. The Labute approximate surface area is 141 Å². The smallest absolute Gasteiger partial charge is 0.116 e. The number of hydrogen-bond acceptors (Lipinski definition) is 4. The third-order valence-corrected chi connectivity index (χ3v) is 5.00. The number of nitrogens with zero attached hydrogens (tertiary/aromatic N) is 3. The standard InChI is InChI=1S/C19H17N3S/c1-13-5-4-6-14(11-13)18-16-8-3-2-7-15(16)17(12-21)19(22-18)23-10-9-20/h4-6,11H,2-3,7-8,10H2,1H3. The monoisotopic (exact) mass is 319 g/mol. The van der Waals surface area contributed by atoms with Gasteiger partial charge >= 0.3 is 0 Å². The summed E-state index contributed by atoms with van der Waals surface area (Å²) in [5, 5.41) is 19.2. The van der Waals surface area contributed by atoms with Crippen LogP contribution in [0.1, 0.15) is 35.1 Å². The van der Waals surface area contributed by atoms with Crippen molar-refractivity contribution in [2.24, 2.45) is 0 Å². The summed E-state index contributed by atoms with van der Waals surface area (Å²) < 4.78 is 0. The van der Waals surface area contributed by atoms with Crippen molar-refractivity contribution in [3.63, 3.8) is 0 Å². The van der Waals surface area contributed by atoms with Gasteiger partial charge in [0.2, 0.25) is 0 Å². The summed E-state index contributed by atoms with van der Waals surface area (Å²) in [5.41, 5.74) is 6.33. The zero-order valence-corrected chi connectivity index (χ0v) is 13.9. The molecule has 3 rings (SSSR count). The van der Waals surface area contributed by atoms with E-state index in [4.69, 9.17) is 10.2 Å². The molecule has 0 saturated heterocycles. The molecule has 1 aliphatic rings. The van der Waals surface area contributed by atoms with Crippen LogP contribution in [0.5, 0.6) is 0 Å². The molecule has 0 atom stereocenters. The fourth-order valence-electron chi connectivity index (χ4n) is 3.15. The van der Waals surface area contributed by atoms with Crippen molar-refractivity contribution in [2.45, 2.75) is 37.6 Å². The van der Waals surface area contributed by atoms with Gasteiger partial charge in [0.15, 0.2) is 0 Å². The Bertz CT molecular complexity index is 828. The van der Waals surface area contributed by atoms with Crippen LogP contribution in [0.3, 0.4) is 0 Å². The molecule has 0 amide bonds. The topological polar surface area (TPSA) is 60.5 Å². The molecule has 0 spiro atoms. The van der Waals surface area contributed by atoms with Crippen molar-refractivity contribution in [2.75, 3.05) is 5.75 Å². The Hall–Kier alpha value is -2.30. The first-order chi connectivity index (χ1) is 11.2. The van der Waals surface area contributed by atoms with E-state index in [-0.39, 0.29) is 0 Å².